The van der Waals surface area contributed by atoms with Crippen LogP contribution in [0.15, 0.2) is 48.5 Å². The summed E-state index contributed by atoms with van der Waals surface area (Å²) in [5, 5.41) is 21.5. The SMILES string of the molecule is CN1c2ccccc2C(C#N)(C(=O)NCCC(=O)O)c2ccccc21. The van der Waals surface area contributed by atoms with Gasteiger partial charge in [0.25, 0.3) is 0 Å². The minimum Gasteiger partial charge on any atom is -0.481 e. The lowest BCUT2D eigenvalue weighted by Crippen LogP contribution is -2.48. The number of hydrogen-bond acceptors (Lipinski definition) is 4. The van der Waals surface area contributed by atoms with Gasteiger partial charge in [0.1, 0.15) is 0 Å². The molecule has 1 aliphatic heterocycles. The summed E-state index contributed by atoms with van der Waals surface area (Å²) in [4.78, 5) is 25.7. The van der Waals surface area contributed by atoms with E-state index in [1.807, 2.05) is 36.2 Å². The van der Waals surface area contributed by atoms with E-state index in [-0.39, 0.29) is 13.0 Å². The summed E-state index contributed by atoms with van der Waals surface area (Å²) >= 11 is 0. The fourth-order valence-electron chi connectivity index (χ4n) is 3.27. The number of benzene rings is 2. The van der Waals surface area contributed by atoms with Crippen molar-refractivity contribution in [3.05, 3.63) is 59.7 Å². The molecule has 6 heteroatoms. The van der Waals surface area contributed by atoms with Crippen molar-refractivity contribution < 1.29 is 14.7 Å². The van der Waals surface area contributed by atoms with Crippen LogP contribution in [0.1, 0.15) is 17.5 Å². The van der Waals surface area contributed by atoms with Gasteiger partial charge in [0, 0.05) is 36.1 Å². The van der Waals surface area contributed by atoms with Gasteiger partial charge in [0.2, 0.25) is 5.91 Å². The zero-order valence-corrected chi connectivity index (χ0v) is 13.7. The van der Waals surface area contributed by atoms with Crippen molar-refractivity contribution in [2.75, 3.05) is 18.5 Å². The number of anilines is 2. The summed E-state index contributed by atoms with van der Waals surface area (Å²) < 4.78 is 0. The number of nitriles is 1. The number of nitrogens with zero attached hydrogens (tertiary/aromatic N) is 2. The molecule has 2 aromatic rings. The molecule has 6 nitrogen and oxygen atoms in total. The topological polar surface area (TPSA) is 93.4 Å². The summed E-state index contributed by atoms with van der Waals surface area (Å²) in [5.74, 6) is -1.51. The van der Waals surface area contributed by atoms with Crippen molar-refractivity contribution in [1.82, 2.24) is 5.32 Å². The van der Waals surface area contributed by atoms with Crippen molar-refractivity contribution in [2.45, 2.75) is 11.8 Å². The number of carbonyl (C=O) groups excluding carboxylic acids is 1. The van der Waals surface area contributed by atoms with Gasteiger partial charge < -0.3 is 15.3 Å². The number of amides is 1. The Kier molecular flexibility index (Phi) is 4.15. The molecule has 2 N–H and O–H groups in total. The summed E-state index contributed by atoms with van der Waals surface area (Å²) in [5.41, 5.74) is 1.21. The van der Waals surface area contributed by atoms with E-state index in [4.69, 9.17) is 5.11 Å². The maximum Gasteiger partial charge on any atom is 0.305 e. The van der Waals surface area contributed by atoms with E-state index < -0.39 is 17.3 Å². The molecule has 0 radical (unpaired) electrons. The van der Waals surface area contributed by atoms with Gasteiger partial charge >= 0.3 is 5.97 Å². The molecule has 0 bridgehead atoms. The van der Waals surface area contributed by atoms with Crippen LogP contribution in [0.5, 0.6) is 0 Å². The molecule has 0 saturated heterocycles. The number of aliphatic carboxylic acids is 1. The molecule has 1 aliphatic rings. The summed E-state index contributed by atoms with van der Waals surface area (Å²) in [6, 6.07) is 16.7. The summed E-state index contributed by atoms with van der Waals surface area (Å²) in [6.07, 6.45) is -0.198. The molecule has 25 heavy (non-hydrogen) atoms. The molecule has 1 heterocycles. The highest BCUT2D eigenvalue weighted by molar-refractivity contribution is 6.01. The number of hydrogen-bond donors (Lipinski definition) is 2. The van der Waals surface area contributed by atoms with Crippen molar-refractivity contribution >= 4 is 23.3 Å². The molecule has 0 saturated carbocycles. The Hall–Kier alpha value is -3.33. The number of para-hydroxylation sites is 2. The molecule has 126 valence electrons. The third-order valence-corrected chi connectivity index (χ3v) is 4.47. The van der Waals surface area contributed by atoms with Gasteiger partial charge in [-0.1, -0.05) is 36.4 Å². The van der Waals surface area contributed by atoms with E-state index in [0.717, 1.165) is 11.4 Å². The Morgan fingerprint density at radius 2 is 1.64 bits per heavy atom. The third kappa shape index (κ3) is 2.50. The molecule has 1 amide bonds. The Bertz CT molecular complexity index is 838. The first-order chi connectivity index (χ1) is 12.0. The first kappa shape index (κ1) is 16.5. The maximum atomic E-state index is 13.0. The number of nitrogens with one attached hydrogen (secondary N) is 1. The molecular formula is C19H17N3O3. The monoisotopic (exact) mass is 335 g/mol. The molecule has 2 aromatic carbocycles. The molecule has 0 spiro atoms. The van der Waals surface area contributed by atoms with E-state index in [2.05, 4.69) is 11.4 Å². The molecule has 0 unspecified atom stereocenters. The van der Waals surface area contributed by atoms with Crippen LogP contribution in [-0.4, -0.2) is 30.6 Å². The fraction of sp³-hybridized carbons (Fsp3) is 0.211. The van der Waals surface area contributed by atoms with Crippen LogP contribution in [0.3, 0.4) is 0 Å². The Balaban J connectivity index is 2.16. The molecule has 0 aromatic heterocycles. The molecular weight excluding hydrogens is 318 g/mol. The second kappa shape index (κ2) is 6.29. The smallest absolute Gasteiger partial charge is 0.305 e. The van der Waals surface area contributed by atoms with Gasteiger partial charge in [-0.15, -0.1) is 0 Å². The molecule has 3 rings (SSSR count). The second-order valence-electron chi connectivity index (χ2n) is 5.85. The number of carboxylic acid groups (broad SMARTS) is 1. The van der Waals surface area contributed by atoms with Gasteiger partial charge in [0.15, 0.2) is 5.41 Å². The predicted octanol–water partition coefficient (Wildman–Crippen LogP) is 2.17. The summed E-state index contributed by atoms with van der Waals surface area (Å²) in [6.45, 7) is -0.0300. The Labute approximate surface area is 145 Å². The number of carboxylic acids is 1. The largest absolute Gasteiger partial charge is 0.481 e. The second-order valence-corrected chi connectivity index (χ2v) is 5.85. The van der Waals surface area contributed by atoms with E-state index in [1.54, 1.807) is 24.3 Å². The lowest BCUT2D eigenvalue weighted by molar-refractivity contribution is -0.137. The average Bonchev–Trinajstić information content (AvgIpc) is 2.62. The van der Waals surface area contributed by atoms with Crippen LogP contribution >= 0.6 is 0 Å². The van der Waals surface area contributed by atoms with Crippen molar-refractivity contribution in [2.24, 2.45) is 0 Å². The van der Waals surface area contributed by atoms with Crippen LogP contribution < -0.4 is 10.2 Å². The summed E-state index contributed by atoms with van der Waals surface area (Å²) in [7, 11) is 1.89. The molecule has 0 aliphatic carbocycles. The third-order valence-electron chi connectivity index (χ3n) is 4.47. The van der Waals surface area contributed by atoms with Crippen molar-refractivity contribution in [3.63, 3.8) is 0 Å². The molecule has 0 atom stereocenters. The van der Waals surface area contributed by atoms with Crippen LogP contribution in [-0.2, 0) is 15.0 Å². The standard InChI is InChI=1S/C19H17N3O3/c1-22-15-8-4-2-6-13(15)19(12-20,14-7-3-5-9-16(14)22)18(25)21-11-10-17(23)24/h2-9H,10-11H2,1H3,(H,21,25)(H,23,24). The zero-order chi connectivity index (χ0) is 18.0. The number of fused-ring (bicyclic) bond motifs is 2. The first-order valence-electron chi connectivity index (χ1n) is 7.86. The van der Waals surface area contributed by atoms with Crippen molar-refractivity contribution in [3.8, 4) is 6.07 Å². The molecule has 0 fully saturated rings. The Morgan fingerprint density at radius 1 is 1.12 bits per heavy atom. The van der Waals surface area contributed by atoms with Gasteiger partial charge in [0.05, 0.1) is 12.5 Å². The highest BCUT2D eigenvalue weighted by Gasteiger charge is 2.49. The quantitative estimate of drug-likeness (QED) is 0.893. The highest BCUT2D eigenvalue weighted by atomic mass is 16.4. The van der Waals surface area contributed by atoms with Crippen molar-refractivity contribution in [1.29, 1.82) is 5.26 Å². The van der Waals surface area contributed by atoms with E-state index in [1.165, 1.54) is 0 Å². The average molecular weight is 335 g/mol. The predicted molar refractivity (Wildman–Crippen MR) is 92.6 cm³/mol. The minimum absolute atomic E-state index is 0.0300. The fourth-order valence-corrected chi connectivity index (χ4v) is 3.27. The van der Waals surface area contributed by atoms with Gasteiger partial charge in [-0.05, 0) is 12.1 Å². The van der Waals surface area contributed by atoms with Gasteiger partial charge in [-0.2, -0.15) is 5.26 Å². The van der Waals surface area contributed by atoms with Gasteiger partial charge in [-0.3, -0.25) is 9.59 Å². The normalized spacial score (nSPS) is 14.0. The maximum absolute atomic E-state index is 13.0. The van der Waals surface area contributed by atoms with E-state index >= 15 is 0 Å². The van der Waals surface area contributed by atoms with Crippen LogP contribution in [0.25, 0.3) is 0 Å². The first-order valence-corrected chi connectivity index (χ1v) is 7.86. The lowest BCUT2D eigenvalue weighted by atomic mass is 9.71. The van der Waals surface area contributed by atoms with Crippen LogP contribution in [0.2, 0.25) is 0 Å². The number of carbonyl (C=O) groups is 2. The highest BCUT2D eigenvalue weighted by Crippen LogP contribution is 2.48. The lowest BCUT2D eigenvalue weighted by Gasteiger charge is -2.39. The van der Waals surface area contributed by atoms with Crippen LogP contribution in [0, 0.1) is 11.3 Å². The minimum atomic E-state index is -1.52. The van der Waals surface area contributed by atoms with E-state index in [9.17, 15) is 14.9 Å². The van der Waals surface area contributed by atoms with Crippen LogP contribution in [0.4, 0.5) is 11.4 Å². The van der Waals surface area contributed by atoms with Gasteiger partial charge in [-0.25, -0.2) is 0 Å². The zero-order valence-electron chi connectivity index (χ0n) is 13.7. The van der Waals surface area contributed by atoms with E-state index in [0.29, 0.717) is 11.1 Å². The number of rotatable bonds is 4. The Morgan fingerprint density at radius 3 is 2.12 bits per heavy atom.